The summed E-state index contributed by atoms with van der Waals surface area (Å²) in [5.41, 5.74) is 0. The average Bonchev–Trinajstić information content (AvgIpc) is 2.21. The van der Waals surface area contributed by atoms with Gasteiger partial charge in [-0.05, 0) is 25.7 Å². The Morgan fingerprint density at radius 1 is 1.12 bits per heavy atom. The lowest BCUT2D eigenvalue weighted by molar-refractivity contribution is -0.122. The molecule has 0 aromatic heterocycles. The van der Waals surface area contributed by atoms with E-state index in [0.717, 1.165) is 25.8 Å². The van der Waals surface area contributed by atoms with Crippen molar-refractivity contribution in [3.05, 3.63) is 0 Å². The minimum atomic E-state index is 0.123. The highest BCUT2D eigenvalue weighted by Crippen LogP contribution is 2.07. The van der Waals surface area contributed by atoms with Crippen molar-refractivity contribution in [3.8, 4) is 0 Å². The number of rotatable bonds is 9. The number of amides is 1. The standard InChI is InChI=1S/C13H24INO2/c1-10(2)9-13(17)15-8-6-4-5-7-12(16)11(3)14/h10-11H,4-9H2,1-3H3,(H,15,17). The molecule has 0 aliphatic carbocycles. The molecule has 100 valence electrons. The van der Waals surface area contributed by atoms with Crippen LogP contribution in [0.4, 0.5) is 0 Å². The molecule has 1 unspecified atom stereocenters. The van der Waals surface area contributed by atoms with Crippen LogP contribution in [-0.2, 0) is 9.59 Å². The van der Waals surface area contributed by atoms with E-state index >= 15 is 0 Å². The second-order valence-corrected chi connectivity index (χ2v) is 6.71. The third kappa shape index (κ3) is 10.7. The van der Waals surface area contributed by atoms with Gasteiger partial charge in [-0.1, -0.05) is 42.9 Å². The van der Waals surface area contributed by atoms with Crippen molar-refractivity contribution < 1.29 is 9.59 Å². The van der Waals surface area contributed by atoms with Crippen LogP contribution < -0.4 is 5.32 Å². The normalized spacial score (nSPS) is 12.5. The number of halogens is 1. The van der Waals surface area contributed by atoms with E-state index in [1.807, 2.05) is 20.8 Å². The van der Waals surface area contributed by atoms with E-state index in [4.69, 9.17) is 0 Å². The maximum atomic E-state index is 11.3. The molecule has 0 heterocycles. The van der Waals surface area contributed by atoms with Gasteiger partial charge < -0.3 is 5.32 Å². The Bertz CT molecular complexity index is 240. The first-order valence-corrected chi connectivity index (χ1v) is 7.61. The molecule has 17 heavy (non-hydrogen) atoms. The molecule has 0 rings (SSSR count). The summed E-state index contributed by atoms with van der Waals surface area (Å²) < 4.78 is 0.123. The van der Waals surface area contributed by atoms with Gasteiger partial charge in [0.1, 0.15) is 5.78 Å². The van der Waals surface area contributed by atoms with Crippen LogP contribution in [0.1, 0.15) is 52.9 Å². The van der Waals surface area contributed by atoms with Crippen molar-refractivity contribution >= 4 is 34.3 Å². The van der Waals surface area contributed by atoms with E-state index in [1.165, 1.54) is 0 Å². The Morgan fingerprint density at radius 2 is 1.76 bits per heavy atom. The first kappa shape index (κ1) is 16.9. The second-order valence-electron chi connectivity index (χ2n) is 4.84. The molecule has 0 bridgehead atoms. The molecular weight excluding hydrogens is 329 g/mol. The van der Waals surface area contributed by atoms with E-state index in [9.17, 15) is 9.59 Å². The largest absolute Gasteiger partial charge is 0.356 e. The third-order valence-corrected chi connectivity index (χ3v) is 3.15. The van der Waals surface area contributed by atoms with Crippen molar-refractivity contribution in [1.82, 2.24) is 5.32 Å². The first-order chi connectivity index (χ1) is 7.93. The number of hydrogen-bond donors (Lipinski definition) is 1. The number of alkyl halides is 1. The minimum Gasteiger partial charge on any atom is -0.356 e. The maximum Gasteiger partial charge on any atom is 0.220 e. The molecule has 3 nitrogen and oxygen atoms in total. The van der Waals surface area contributed by atoms with Gasteiger partial charge in [-0.25, -0.2) is 0 Å². The lowest BCUT2D eigenvalue weighted by atomic mass is 10.1. The quantitative estimate of drug-likeness (QED) is 0.393. The van der Waals surface area contributed by atoms with Gasteiger partial charge in [0.2, 0.25) is 5.91 Å². The van der Waals surface area contributed by atoms with E-state index in [-0.39, 0.29) is 9.83 Å². The topological polar surface area (TPSA) is 46.2 Å². The van der Waals surface area contributed by atoms with Gasteiger partial charge in [0, 0.05) is 19.4 Å². The fourth-order valence-corrected chi connectivity index (χ4v) is 1.78. The van der Waals surface area contributed by atoms with Crippen molar-refractivity contribution in [3.63, 3.8) is 0 Å². The molecule has 0 aromatic rings. The summed E-state index contributed by atoms with van der Waals surface area (Å²) >= 11 is 2.15. The van der Waals surface area contributed by atoms with Crippen LogP contribution in [0.3, 0.4) is 0 Å². The van der Waals surface area contributed by atoms with Crippen molar-refractivity contribution in [2.45, 2.75) is 56.8 Å². The Morgan fingerprint density at radius 3 is 2.29 bits per heavy atom. The number of nitrogens with one attached hydrogen (secondary N) is 1. The van der Waals surface area contributed by atoms with Crippen LogP contribution in [0.25, 0.3) is 0 Å². The summed E-state index contributed by atoms with van der Waals surface area (Å²) in [7, 11) is 0. The molecule has 1 N–H and O–H groups in total. The average molecular weight is 353 g/mol. The van der Waals surface area contributed by atoms with Gasteiger partial charge in [-0.2, -0.15) is 0 Å². The molecule has 1 atom stereocenters. The zero-order valence-electron chi connectivity index (χ0n) is 11.1. The summed E-state index contributed by atoms with van der Waals surface area (Å²) in [5.74, 6) is 0.879. The number of carbonyl (C=O) groups excluding carboxylic acids is 2. The van der Waals surface area contributed by atoms with Crippen molar-refractivity contribution in [2.75, 3.05) is 6.54 Å². The third-order valence-electron chi connectivity index (χ3n) is 2.46. The smallest absolute Gasteiger partial charge is 0.220 e. The van der Waals surface area contributed by atoms with Gasteiger partial charge in [0.25, 0.3) is 0 Å². The van der Waals surface area contributed by atoms with Crippen LogP contribution in [0.15, 0.2) is 0 Å². The zero-order chi connectivity index (χ0) is 13.3. The highest BCUT2D eigenvalue weighted by atomic mass is 127. The zero-order valence-corrected chi connectivity index (χ0v) is 13.2. The number of carbonyl (C=O) groups is 2. The Labute approximate surface area is 118 Å². The fraction of sp³-hybridized carbons (Fsp3) is 0.846. The van der Waals surface area contributed by atoms with Crippen molar-refractivity contribution in [2.24, 2.45) is 5.92 Å². The molecular formula is C13H24INO2. The molecule has 0 aliphatic rings. The van der Waals surface area contributed by atoms with Gasteiger partial charge >= 0.3 is 0 Å². The van der Waals surface area contributed by atoms with Crippen molar-refractivity contribution in [1.29, 1.82) is 0 Å². The molecule has 0 fully saturated rings. The van der Waals surface area contributed by atoms with E-state index in [2.05, 4.69) is 27.9 Å². The molecule has 0 aliphatic heterocycles. The minimum absolute atomic E-state index is 0.123. The van der Waals surface area contributed by atoms with Gasteiger partial charge in [-0.3, -0.25) is 9.59 Å². The summed E-state index contributed by atoms with van der Waals surface area (Å²) in [6.45, 7) is 6.74. The van der Waals surface area contributed by atoms with Gasteiger partial charge in [-0.15, -0.1) is 0 Å². The Hall–Kier alpha value is -0.130. The fourth-order valence-electron chi connectivity index (χ4n) is 1.47. The number of ketones is 1. The molecule has 1 amide bonds. The number of hydrogen-bond acceptors (Lipinski definition) is 2. The van der Waals surface area contributed by atoms with E-state index < -0.39 is 0 Å². The molecule has 0 radical (unpaired) electrons. The van der Waals surface area contributed by atoms with Crippen LogP contribution in [-0.4, -0.2) is 22.2 Å². The van der Waals surface area contributed by atoms with Crippen LogP contribution in [0.2, 0.25) is 0 Å². The summed E-state index contributed by atoms with van der Waals surface area (Å²) in [6.07, 6.45) is 4.19. The van der Waals surface area contributed by atoms with Crippen LogP contribution in [0, 0.1) is 5.92 Å². The molecule has 4 heteroatoms. The van der Waals surface area contributed by atoms with E-state index in [0.29, 0.717) is 24.5 Å². The second kappa shape index (κ2) is 9.85. The van der Waals surface area contributed by atoms with E-state index in [1.54, 1.807) is 0 Å². The predicted octanol–water partition coefficient (Wildman–Crippen LogP) is 3.10. The lowest BCUT2D eigenvalue weighted by Gasteiger charge is -2.07. The summed E-state index contributed by atoms with van der Waals surface area (Å²) in [4.78, 5) is 22.6. The highest BCUT2D eigenvalue weighted by Gasteiger charge is 2.07. The molecule has 0 spiro atoms. The molecule has 0 saturated heterocycles. The number of Topliss-reactive ketones (excluding diaryl/α,β-unsaturated/α-hetero) is 1. The number of unbranched alkanes of at least 4 members (excludes halogenated alkanes) is 2. The monoisotopic (exact) mass is 353 g/mol. The first-order valence-electron chi connectivity index (χ1n) is 6.37. The maximum absolute atomic E-state index is 11.3. The lowest BCUT2D eigenvalue weighted by Crippen LogP contribution is -2.25. The van der Waals surface area contributed by atoms with Gasteiger partial charge in [0.15, 0.2) is 0 Å². The Kier molecular flexibility index (Phi) is 9.78. The van der Waals surface area contributed by atoms with Crippen LogP contribution in [0.5, 0.6) is 0 Å². The summed E-state index contributed by atoms with van der Waals surface area (Å²) in [6, 6.07) is 0. The molecule has 0 aromatic carbocycles. The molecule has 0 saturated carbocycles. The van der Waals surface area contributed by atoms with Gasteiger partial charge in [0.05, 0.1) is 3.92 Å². The highest BCUT2D eigenvalue weighted by molar-refractivity contribution is 14.1. The summed E-state index contributed by atoms with van der Waals surface area (Å²) in [5, 5.41) is 2.90. The predicted molar refractivity (Wildman–Crippen MR) is 79.4 cm³/mol. The SMILES string of the molecule is CC(C)CC(=O)NCCCCCC(=O)C(C)I. The Balaban J connectivity index is 3.35. The van der Waals surface area contributed by atoms with Crippen LogP contribution >= 0.6 is 22.6 Å².